The third kappa shape index (κ3) is 5.54. The molecule has 112 valence electrons. The van der Waals surface area contributed by atoms with Crippen molar-refractivity contribution in [2.45, 2.75) is 57.9 Å². The third-order valence-corrected chi connectivity index (χ3v) is 4.24. The molecule has 0 saturated heterocycles. The molecule has 2 rings (SSSR count). The van der Waals surface area contributed by atoms with E-state index in [1.54, 1.807) is 7.11 Å². The van der Waals surface area contributed by atoms with Crippen LogP contribution in [-0.4, -0.2) is 19.7 Å². The maximum absolute atomic E-state index is 5.21. The number of nitrogens with one attached hydrogen (secondary N) is 1. The van der Waals surface area contributed by atoms with Gasteiger partial charge in [-0.15, -0.1) is 0 Å². The maximum atomic E-state index is 5.21. The van der Waals surface area contributed by atoms with E-state index in [0.29, 0.717) is 6.04 Å². The van der Waals surface area contributed by atoms with Crippen molar-refractivity contribution in [3.05, 3.63) is 29.8 Å². The van der Waals surface area contributed by atoms with Crippen LogP contribution in [0.5, 0.6) is 5.75 Å². The van der Waals surface area contributed by atoms with Gasteiger partial charge in [-0.25, -0.2) is 0 Å². The number of hydrogen-bond acceptors (Lipinski definition) is 2. The van der Waals surface area contributed by atoms with Crippen LogP contribution in [0.25, 0.3) is 0 Å². The molecule has 1 aliphatic rings. The Balaban J connectivity index is 1.75. The van der Waals surface area contributed by atoms with Gasteiger partial charge < -0.3 is 10.1 Å². The van der Waals surface area contributed by atoms with Crippen LogP contribution in [0.15, 0.2) is 24.3 Å². The Morgan fingerprint density at radius 2 is 1.95 bits per heavy atom. The zero-order chi connectivity index (χ0) is 14.2. The number of aryl methyl sites for hydroxylation is 1. The normalized spacial score (nSPS) is 16.1. The predicted molar refractivity (Wildman–Crippen MR) is 85.4 cm³/mol. The van der Waals surface area contributed by atoms with E-state index in [-0.39, 0.29) is 0 Å². The second-order valence-corrected chi connectivity index (χ2v) is 6.06. The lowest BCUT2D eigenvalue weighted by atomic mass is 10.00. The van der Waals surface area contributed by atoms with Gasteiger partial charge in [0.15, 0.2) is 0 Å². The molecule has 1 saturated carbocycles. The van der Waals surface area contributed by atoms with Gasteiger partial charge in [-0.05, 0) is 62.3 Å². The molecule has 1 aromatic rings. The van der Waals surface area contributed by atoms with Gasteiger partial charge in [-0.3, -0.25) is 0 Å². The average Bonchev–Trinajstić information content (AvgIpc) is 3.31. The second kappa shape index (κ2) is 8.31. The maximum Gasteiger partial charge on any atom is 0.118 e. The summed E-state index contributed by atoms with van der Waals surface area (Å²) in [5.74, 6) is 1.99. The quantitative estimate of drug-likeness (QED) is 0.691. The molecule has 2 nitrogen and oxygen atoms in total. The molecular weight excluding hydrogens is 246 g/mol. The standard InChI is InChI=1S/C18H29NO/c1-3-14-19-17(10-6-15-4-5-15)11-7-16-8-12-18(20-2)13-9-16/h8-9,12-13,15,17,19H,3-7,10-11,14H2,1-2H3. The van der Waals surface area contributed by atoms with Gasteiger partial charge in [0.25, 0.3) is 0 Å². The second-order valence-electron chi connectivity index (χ2n) is 6.06. The van der Waals surface area contributed by atoms with Gasteiger partial charge in [0.05, 0.1) is 7.11 Å². The SMILES string of the molecule is CCCNC(CCc1ccc(OC)cc1)CCC1CC1. The highest BCUT2D eigenvalue weighted by molar-refractivity contribution is 5.27. The van der Waals surface area contributed by atoms with E-state index in [4.69, 9.17) is 4.74 Å². The van der Waals surface area contributed by atoms with Gasteiger partial charge >= 0.3 is 0 Å². The summed E-state index contributed by atoms with van der Waals surface area (Å²) in [6, 6.07) is 9.20. The van der Waals surface area contributed by atoms with Crippen molar-refractivity contribution < 1.29 is 4.74 Å². The Bertz CT molecular complexity index is 370. The third-order valence-electron chi connectivity index (χ3n) is 4.24. The molecule has 0 aromatic heterocycles. The molecule has 20 heavy (non-hydrogen) atoms. The fraction of sp³-hybridized carbons (Fsp3) is 0.667. The summed E-state index contributed by atoms with van der Waals surface area (Å²) in [5, 5.41) is 3.72. The van der Waals surface area contributed by atoms with E-state index >= 15 is 0 Å². The molecule has 0 spiro atoms. The van der Waals surface area contributed by atoms with Crippen molar-refractivity contribution in [2.75, 3.05) is 13.7 Å². The van der Waals surface area contributed by atoms with Crippen molar-refractivity contribution in [3.8, 4) is 5.75 Å². The Kier molecular flexibility index (Phi) is 6.38. The summed E-state index contributed by atoms with van der Waals surface area (Å²) in [7, 11) is 1.72. The summed E-state index contributed by atoms with van der Waals surface area (Å²) in [6.07, 6.45) is 9.35. The number of benzene rings is 1. The minimum Gasteiger partial charge on any atom is -0.497 e. The van der Waals surface area contributed by atoms with Crippen molar-refractivity contribution in [3.63, 3.8) is 0 Å². The van der Waals surface area contributed by atoms with E-state index < -0.39 is 0 Å². The van der Waals surface area contributed by atoms with Gasteiger partial charge in [0, 0.05) is 6.04 Å². The first-order chi connectivity index (χ1) is 9.81. The highest BCUT2D eigenvalue weighted by atomic mass is 16.5. The minimum absolute atomic E-state index is 0.692. The van der Waals surface area contributed by atoms with Crippen LogP contribution in [0, 0.1) is 5.92 Å². The molecule has 0 aliphatic heterocycles. The van der Waals surface area contributed by atoms with E-state index in [2.05, 4.69) is 36.5 Å². The Labute approximate surface area is 123 Å². The van der Waals surface area contributed by atoms with Crippen LogP contribution in [0.1, 0.15) is 51.0 Å². The number of hydrogen-bond donors (Lipinski definition) is 1. The van der Waals surface area contributed by atoms with E-state index in [9.17, 15) is 0 Å². The molecule has 2 heteroatoms. The predicted octanol–water partition coefficient (Wildman–Crippen LogP) is 4.19. The molecule has 0 amide bonds. The Morgan fingerprint density at radius 3 is 2.55 bits per heavy atom. The first-order valence-electron chi connectivity index (χ1n) is 8.18. The van der Waals surface area contributed by atoms with Crippen molar-refractivity contribution in [2.24, 2.45) is 5.92 Å². The smallest absolute Gasteiger partial charge is 0.118 e. The van der Waals surface area contributed by atoms with Crippen molar-refractivity contribution >= 4 is 0 Å². The summed E-state index contributed by atoms with van der Waals surface area (Å²) < 4.78 is 5.21. The van der Waals surface area contributed by atoms with Gasteiger partial charge in [0.2, 0.25) is 0 Å². The summed E-state index contributed by atoms with van der Waals surface area (Å²) in [4.78, 5) is 0. The van der Waals surface area contributed by atoms with E-state index in [0.717, 1.165) is 24.6 Å². The van der Waals surface area contributed by atoms with E-state index in [1.165, 1.54) is 44.1 Å². The van der Waals surface area contributed by atoms with Gasteiger partial charge in [-0.2, -0.15) is 0 Å². The topological polar surface area (TPSA) is 21.3 Å². The molecule has 0 heterocycles. The molecule has 1 fully saturated rings. The largest absolute Gasteiger partial charge is 0.497 e. The Hall–Kier alpha value is -1.02. The van der Waals surface area contributed by atoms with Crippen LogP contribution in [0.4, 0.5) is 0 Å². The Morgan fingerprint density at radius 1 is 1.20 bits per heavy atom. The molecule has 1 aromatic carbocycles. The monoisotopic (exact) mass is 275 g/mol. The molecule has 0 radical (unpaired) electrons. The fourth-order valence-corrected chi connectivity index (χ4v) is 2.67. The van der Waals surface area contributed by atoms with Crippen LogP contribution in [0.2, 0.25) is 0 Å². The van der Waals surface area contributed by atoms with E-state index in [1.807, 2.05) is 0 Å². The first kappa shape index (κ1) is 15.4. The molecule has 1 N–H and O–H groups in total. The molecular formula is C18H29NO. The molecule has 0 bridgehead atoms. The molecule has 1 atom stereocenters. The lowest BCUT2D eigenvalue weighted by Gasteiger charge is -2.18. The molecule has 1 aliphatic carbocycles. The van der Waals surface area contributed by atoms with Crippen molar-refractivity contribution in [1.82, 2.24) is 5.32 Å². The van der Waals surface area contributed by atoms with Crippen LogP contribution < -0.4 is 10.1 Å². The van der Waals surface area contributed by atoms with Crippen molar-refractivity contribution in [1.29, 1.82) is 0 Å². The molecule has 1 unspecified atom stereocenters. The minimum atomic E-state index is 0.692. The fourth-order valence-electron chi connectivity index (χ4n) is 2.67. The lowest BCUT2D eigenvalue weighted by molar-refractivity contribution is 0.414. The van der Waals surface area contributed by atoms with Crippen LogP contribution in [0.3, 0.4) is 0 Å². The van der Waals surface area contributed by atoms with Crippen LogP contribution >= 0.6 is 0 Å². The zero-order valence-electron chi connectivity index (χ0n) is 13.0. The number of methoxy groups -OCH3 is 1. The van der Waals surface area contributed by atoms with Gasteiger partial charge in [-0.1, -0.05) is 31.9 Å². The first-order valence-corrected chi connectivity index (χ1v) is 8.18. The number of ether oxygens (including phenoxy) is 1. The lowest BCUT2D eigenvalue weighted by Crippen LogP contribution is -2.30. The van der Waals surface area contributed by atoms with Crippen LogP contribution in [-0.2, 0) is 6.42 Å². The zero-order valence-corrected chi connectivity index (χ0v) is 13.0. The highest BCUT2D eigenvalue weighted by Crippen LogP contribution is 2.34. The highest BCUT2D eigenvalue weighted by Gasteiger charge is 2.22. The summed E-state index contributed by atoms with van der Waals surface area (Å²) in [5.41, 5.74) is 1.42. The average molecular weight is 275 g/mol. The van der Waals surface area contributed by atoms with Gasteiger partial charge in [0.1, 0.15) is 5.75 Å². The summed E-state index contributed by atoms with van der Waals surface area (Å²) in [6.45, 7) is 3.40. The number of rotatable bonds is 10. The summed E-state index contributed by atoms with van der Waals surface area (Å²) >= 11 is 0.